The average molecular weight is 443 g/mol. The zero-order valence-electron chi connectivity index (χ0n) is 17.6. The lowest BCUT2D eigenvalue weighted by molar-refractivity contribution is -0.117. The molecule has 2 aromatic rings. The fourth-order valence-electron chi connectivity index (χ4n) is 4.07. The van der Waals surface area contributed by atoms with E-state index in [4.69, 9.17) is 9.47 Å². The van der Waals surface area contributed by atoms with Crippen LogP contribution in [0, 0.1) is 0 Å². The fraction of sp³-hybridized carbons (Fsp3) is 0.435. The number of piperidine rings is 1. The Kier molecular flexibility index (Phi) is 6.80. The molecule has 0 unspecified atom stereocenters. The molecule has 3 heterocycles. The van der Waals surface area contributed by atoms with E-state index in [1.165, 1.54) is 24.9 Å². The minimum Gasteiger partial charge on any atom is -0.465 e. The van der Waals surface area contributed by atoms with Crippen molar-refractivity contribution in [2.75, 3.05) is 38.7 Å². The molecule has 31 heavy (non-hydrogen) atoms. The Hall–Kier alpha value is -2.55. The van der Waals surface area contributed by atoms with Crippen LogP contribution in [0.1, 0.15) is 56.0 Å². The zero-order chi connectivity index (χ0) is 21.8. The highest BCUT2D eigenvalue weighted by Crippen LogP contribution is 2.38. The molecule has 0 atom stereocenters. The molecule has 1 aromatic heterocycles. The number of fused-ring (bicyclic) bond motifs is 1. The van der Waals surface area contributed by atoms with Crippen LogP contribution in [-0.4, -0.2) is 55.9 Å². The highest BCUT2D eigenvalue weighted by Gasteiger charge is 2.28. The van der Waals surface area contributed by atoms with Crippen LogP contribution < -0.4 is 5.32 Å². The SMILES string of the molecule is COC(=O)c1ccc(C(=O)c2c(NC(=O)CN3CCCCC3)sc3c2CCOC3)cc1. The largest absolute Gasteiger partial charge is 0.465 e. The number of hydrogen-bond donors (Lipinski definition) is 1. The van der Waals surface area contributed by atoms with Crippen LogP contribution in [-0.2, 0) is 27.3 Å². The van der Waals surface area contributed by atoms with Crippen LogP contribution in [0.3, 0.4) is 0 Å². The summed E-state index contributed by atoms with van der Waals surface area (Å²) in [5.41, 5.74) is 2.34. The first kappa shape index (κ1) is 21.7. The molecule has 0 radical (unpaired) electrons. The number of nitrogens with zero attached hydrogens (tertiary/aromatic N) is 1. The van der Waals surface area contributed by atoms with E-state index in [0.717, 1.165) is 36.4 Å². The number of ether oxygens (including phenoxy) is 2. The van der Waals surface area contributed by atoms with Crippen LogP contribution in [0.5, 0.6) is 0 Å². The minimum absolute atomic E-state index is 0.100. The number of benzene rings is 1. The van der Waals surface area contributed by atoms with Gasteiger partial charge in [0.15, 0.2) is 5.78 Å². The van der Waals surface area contributed by atoms with Gasteiger partial charge < -0.3 is 14.8 Å². The Balaban J connectivity index is 1.58. The van der Waals surface area contributed by atoms with Gasteiger partial charge in [0.1, 0.15) is 5.00 Å². The molecule has 1 amide bonds. The van der Waals surface area contributed by atoms with Gasteiger partial charge in [0.2, 0.25) is 5.91 Å². The van der Waals surface area contributed by atoms with Gasteiger partial charge in [-0.2, -0.15) is 0 Å². The van der Waals surface area contributed by atoms with E-state index in [0.29, 0.717) is 47.9 Å². The van der Waals surface area contributed by atoms with Gasteiger partial charge in [-0.05, 0) is 50.0 Å². The summed E-state index contributed by atoms with van der Waals surface area (Å²) in [5.74, 6) is -0.713. The van der Waals surface area contributed by atoms with Crippen molar-refractivity contribution >= 4 is 34.0 Å². The number of carbonyl (C=O) groups excluding carboxylic acids is 3. The second kappa shape index (κ2) is 9.72. The highest BCUT2D eigenvalue weighted by molar-refractivity contribution is 7.17. The van der Waals surface area contributed by atoms with E-state index in [9.17, 15) is 14.4 Å². The summed E-state index contributed by atoms with van der Waals surface area (Å²) in [5, 5.41) is 3.57. The third-order valence-electron chi connectivity index (χ3n) is 5.68. The number of nitrogens with one attached hydrogen (secondary N) is 1. The maximum absolute atomic E-state index is 13.4. The van der Waals surface area contributed by atoms with Gasteiger partial charge >= 0.3 is 5.97 Å². The predicted molar refractivity (Wildman–Crippen MR) is 118 cm³/mol. The Morgan fingerprint density at radius 3 is 2.52 bits per heavy atom. The summed E-state index contributed by atoms with van der Waals surface area (Å²) >= 11 is 1.42. The van der Waals surface area contributed by atoms with Gasteiger partial charge in [0, 0.05) is 10.4 Å². The lowest BCUT2D eigenvalue weighted by Gasteiger charge is -2.25. The Labute approximate surface area is 185 Å². The summed E-state index contributed by atoms with van der Waals surface area (Å²) in [4.78, 5) is 40.9. The second-order valence-electron chi connectivity index (χ2n) is 7.79. The molecular formula is C23H26N2O5S. The zero-order valence-corrected chi connectivity index (χ0v) is 18.4. The summed E-state index contributed by atoms with van der Waals surface area (Å²) in [6.45, 7) is 3.19. The molecule has 8 heteroatoms. The van der Waals surface area contributed by atoms with Crippen LogP contribution in [0.2, 0.25) is 0 Å². The number of thiophene rings is 1. The van der Waals surface area contributed by atoms with Crippen molar-refractivity contribution in [2.45, 2.75) is 32.3 Å². The monoisotopic (exact) mass is 442 g/mol. The number of esters is 1. The quantitative estimate of drug-likeness (QED) is 0.546. The Morgan fingerprint density at radius 1 is 1.10 bits per heavy atom. The first-order chi connectivity index (χ1) is 15.1. The van der Waals surface area contributed by atoms with E-state index in [1.54, 1.807) is 24.3 Å². The fourth-order valence-corrected chi connectivity index (χ4v) is 5.27. The Bertz CT molecular complexity index is 977. The van der Waals surface area contributed by atoms with Crippen molar-refractivity contribution in [1.29, 1.82) is 0 Å². The maximum Gasteiger partial charge on any atom is 0.337 e. The topological polar surface area (TPSA) is 84.9 Å². The number of likely N-dealkylation sites (tertiary alicyclic amines) is 1. The molecular weight excluding hydrogens is 416 g/mol. The molecule has 4 rings (SSSR count). The number of carbonyl (C=O) groups is 3. The third kappa shape index (κ3) is 4.87. The van der Waals surface area contributed by atoms with Gasteiger partial charge in [-0.25, -0.2) is 4.79 Å². The first-order valence-electron chi connectivity index (χ1n) is 10.5. The van der Waals surface area contributed by atoms with Crippen molar-refractivity contribution < 1.29 is 23.9 Å². The van der Waals surface area contributed by atoms with Crippen molar-refractivity contribution in [3.63, 3.8) is 0 Å². The third-order valence-corrected chi connectivity index (χ3v) is 6.81. The summed E-state index contributed by atoms with van der Waals surface area (Å²) in [7, 11) is 1.32. The van der Waals surface area contributed by atoms with Crippen molar-refractivity contribution in [2.24, 2.45) is 0 Å². The molecule has 1 fully saturated rings. The molecule has 1 N–H and O–H groups in total. The van der Waals surface area contributed by atoms with Crippen LogP contribution >= 0.6 is 11.3 Å². The van der Waals surface area contributed by atoms with E-state index < -0.39 is 5.97 Å². The Morgan fingerprint density at radius 2 is 1.81 bits per heavy atom. The smallest absolute Gasteiger partial charge is 0.337 e. The van der Waals surface area contributed by atoms with E-state index in [-0.39, 0.29) is 11.7 Å². The maximum atomic E-state index is 13.4. The van der Waals surface area contributed by atoms with Gasteiger partial charge in [-0.15, -0.1) is 11.3 Å². The average Bonchev–Trinajstić information content (AvgIpc) is 3.16. The van der Waals surface area contributed by atoms with Gasteiger partial charge in [0.05, 0.1) is 38.0 Å². The van der Waals surface area contributed by atoms with E-state index >= 15 is 0 Å². The van der Waals surface area contributed by atoms with Crippen molar-refractivity contribution in [3.05, 3.63) is 51.4 Å². The first-order valence-corrected chi connectivity index (χ1v) is 11.4. The molecule has 2 aliphatic heterocycles. The normalized spacial score (nSPS) is 16.4. The van der Waals surface area contributed by atoms with E-state index in [1.807, 2.05) is 0 Å². The summed E-state index contributed by atoms with van der Waals surface area (Å²) in [6, 6.07) is 6.40. The molecule has 0 aliphatic carbocycles. The number of rotatable bonds is 6. The summed E-state index contributed by atoms with van der Waals surface area (Å²) in [6.07, 6.45) is 4.07. The van der Waals surface area contributed by atoms with Crippen LogP contribution in [0.15, 0.2) is 24.3 Å². The molecule has 1 saturated heterocycles. The summed E-state index contributed by atoms with van der Waals surface area (Å²) < 4.78 is 10.3. The number of hydrogen-bond acceptors (Lipinski definition) is 7. The number of amides is 1. The number of methoxy groups -OCH3 is 1. The molecule has 0 bridgehead atoms. The van der Waals surface area contributed by atoms with Gasteiger partial charge in [-0.1, -0.05) is 18.6 Å². The van der Waals surface area contributed by atoms with Crippen molar-refractivity contribution in [1.82, 2.24) is 4.90 Å². The number of ketones is 1. The molecule has 0 saturated carbocycles. The molecule has 2 aliphatic rings. The predicted octanol–water partition coefficient (Wildman–Crippen LogP) is 3.26. The molecule has 7 nitrogen and oxygen atoms in total. The minimum atomic E-state index is -0.449. The molecule has 1 aromatic carbocycles. The lowest BCUT2D eigenvalue weighted by atomic mass is 9.97. The van der Waals surface area contributed by atoms with Crippen LogP contribution in [0.25, 0.3) is 0 Å². The van der Waals surface area contributed by atoms with Crippen molar-refractivity contribution in [3.8, 4) is 0 Å². The number of anilines is 1. The van der Waals surface area contributed by atoms with E-state index in [2.05, 4.69) is 10.2 Å². The molecule has 164 valence electrons. The standard InChI is InChI=1S/C23H26N2O5S/c1-29-23(28)16-7-5-15(6-8-16)21(27)20-17-9-12-30-14-18(17)31-22(20)24-19(26)13-25-10-3-2-4-11-25/h5-8H,2-4,9-14H2,1H3,(H,24,26). The second-order valence-corrected chi connectivity index (χ2v) is 8.90. The lowest BCUT2D eigenvalue weighted by Crippen LogP contribution is -2.36. The van der Waals surface area contributed by atoms with Gasteiger partial charge in [-0.3, -0.25) is 14.5 Å². The molecule has 0 spiro atoms. The highest BCUT2D eigenvalue weighted by atomic mass is 32.1. The van der Waals surface area contributed by atoms with Crippen LogP contribution in [0.4, 0.5) is 5.00 Å². The van der Waals surface area contributed by atoms with Gasteiger partial charge in [0.25, 0.3) is 0 Å².